The summed E-state index contributed by atoms with van der Waals surface area (Å²) in [4.78, 5) is 17.5. The Morgan fingerprint density at radius 3 is 2.47 bits per heavy atom. The number of rotatable bonds is 15. The fourth-order valence-electron chi connectivity index (χ4n) is 4.21. The summed E-state index contributed by atoms with van der Waals surface area (Å²) in [5, 5.41) is 2.93. The van der Waals surface area contributed by atoms with Crippen LogP contribution in [-0.4, -0.2) is 67.9 Å². The van der Waals surface area contributed by atoms with Crippen molar-refractivity contribution in [3.63, 3.8) is 0 Å². The summed E-state index contributed by atoms with van der Waals surface area (Å²) in [6.07, 6.45) is 9.16. The SMILES string of the molecule is CCCCCCCOc1ccccc1NC(=O)OC(CN(CC)CC)CN1CCCCC1. The van der Waals surface area contributed by atoms with Gasteiger partial charge in [-0.2, -0.15) is 0 Å². The van der Waals surface area contributed by atoms with Gasteiger partial charge in [-0.1, -0.05) is 65.0 Å². The molecule has 1 aliphatic rings. The molecule has 1 aromatic carbocycles. The van der Waals surface area contributed by atoms with E-state index in [1.165, 1.54) is 44.9 Å². The Kier molecular flexibility index (Phi) is 13.2. The molecule has 32 heavy (non-hydrogen) atoms. The number of piperidine rings is 1. The Hall–Kier alpha value is -1.79. The van der Waals surface area contributed by atoms with Gasteiger partial charge >= 0.3 is 6.09 Å². The first-order valence-electron chi connectivity index (χ1n) is 12.8. The van der Waals surface area contributed by atoms with Gasteiger partial charge in [0, 0.05) is 13.1 Å². The Labute approximate surface area is 195 Å². The van der Waals surface area contributed by atoms with E-state index < -0.39 is 6.09 Å². The van der Waals surface area contributed by atoms with Gasteiger partial charge in [-0.05, 0) is 57.6 Å². The number of para-hydroxylation sites is 2. The topological polar surface area (TPSA) is 54.0 Å². The number of carbonyl (C=O) groups is 1. The van der Waals surface area contributed by atoms with Gasteiger partial charge in [0.2, 0.25) is 0 Å². The molecular formula is C26H45N3O3. The summed E-state index contributed by atoms with van der Waals surface area (Å²) in [7, 11) is 0. The maximum absolute atomic E-state index is 12.8. The summed E-state index contributed by atoms with van der Waals surface area (Å²) >= 11 is 0. The molecule has 1 N–H and O–H groups in total. The first kappa shape index (κ1) is 26.5. The summed E-state index contributed by atoms with van der Waals surface area (Å²) in [6, 6.07) is 7.62. The van der Waals surface area contributed by atoms with Gasteiger partial charge < -0.3 is 14.4 Å². The van der Waals surface area contributed by atoms with Crippen molar-refractivity contribution in [2.75, 3.05) is 51.2 Å². The number of benzene rings is 1. The number of unbranched alkanes of at least 4 members (excludes halogenated alkanes) is 4. The second kappa shape index (κ2) is 15.9. The number of likely N-dealkylation sites (N-methyl/N-ethyl adjacent to an activating group) is 1. The van der Waals surface area contributed by atoms with Gasteiger partial charge in [0.15, 0.2) is 0 Å². The lowest BCUT2D eigenvalue weighted by Gasteiger charge is -2.32. The van der Waals surface area contributed by atoms with Crippen molar-refractivity contribution in [1.82, 2.24) is 9.80 Å². The first-order valence-corrected chi connectivity index (χ1v) is 12.8. The average Bonchev–Trinajstić information content (AvgIpc) is 2.81. The lowest BCUT2D eigenvalue weighted by atomic mass is 10.1. The number of likely N-dealkylation sites (tertiary alicyclic amines) is 1. The molecule has 0 bridgehead atoms. The summed E-state index contributed by atoms with van der Waals surface area (Å²) < 4.78 is 11.9. The molecule has 0 saturated carbocycles. The highest BCUT2D eigenvalue weighted by molar-refractivity contribution is 5.86. The molecule has 0 aromatic heterocycles. The van der Waals surface area contributed by atoms with Crippen molar-refractivity contribution >= 4 is 11.8 Å². The Morgan fingerprint density at radius 1 is 1.03 bits per heavy atom. The van der Waals surface area contributed by atoms with Crippen LogP contribution in [0.15, 0.2) is 24.3 Å². The van der Waals surface area contributed by atoms with Crippen LogP contribution in [0.25, 0.3) is 0 Å². The largest absolute Gasteiger partial charge is 0.491 e. The van der Waals surface area contributed by atoms with E-state index in [1.54, 1.807) is 0 Å². The Bertz CT molecular complexity index is 630. The van der Waals surface area contributed by atoms with Crippen LogP contribution in [0, 0.1) is 0 Å². The van der Waals surface area contributed by atoms with Gasteiger partial charge in [0.1, 0.15) is 11.9 Å². The van der Waals surface area contributed by atoms with Crippen LogP contribution in [0.4, 0.5) is 10.5 Å². The fraction of sp³-hybridized carbons (Fsp3) is 0.731. The molecule has 1 atom stereocenters. The van der Waals surface area contributed by atoms with E-state index in [9.17, 15) is 4.79 Å². The number of hydrogen-bond donors (Lipinski definition) is 1. The molecule has 1 saturated heterocycles. The maximum atomic E-state index is 12.8. The molecule has 6 nitrogen and oxygen atoms in total. The van der Waals surface area contributed by atoms with Gasteiger partial charge in [-0.15, -0.1) is 0 Å². The number of nitrogens with one attached hydrogen (secondary N) is 1. The third-order valence-corrected chi connectivity index (χ3v) is 6.17. The Morgan fingerprint density at radius 2 is 1.75 bits per heavy atom. The minimum Gasteiger partial charge on any atom is -0.491 e. The minimum atomic E-state index is -0.404. The molecule has 1 heterocycles. The van der Waals surface area contributed by atoms with Gasteiger partial charge in [0.25, 0.3) is 0 Å². The maximum Gasteiger partial charge on any atom is 0.412 e. The van der Waals surface area contributed by atoms with E-state index >= 15 is 0 Å². The highest BCUT2D eigenvalue weighted by Crippen LogP contribution is 2.24. The predicted molar refractivity (Wildman–Crippen MR) is 133 cm³/mol. The standard InChI is InChI=1S/C26H45N3O3/c1-4-7-8-9-15-20-31-25-17-12-11-16-24(25)27-26(30)32-23(21-28(5-2)6-3)22-29-18-13-10-14-19-29/h11-12,16-17,23H,4-10,13-15,18-22H2,1-3H3,(H,27,30). The van der Waals surface area contributed by atoms with Crippen LogP contribution >= 0.6 is 0 Å². The summed E-state index contributed by atoms with van der Waals surface area (Å²) in [5.74, 6) is 0.705. The summed E-state index contributed by atoms with van der Waals surface area (Å²) in [6.45, 7) is 12.8. The molecule has 182 valence electrons. The van der Waals surface area contributed by atoms with E-state index in [4.69, 9.17) is 9.47 Å². The third kappa shape index (κ3) is 10.2. The zero-order valence-corrected chi connectivity index (χ0v) is 20.6. The van der Waals surface area contributed by atoms with E-state index in [2.05, 4.69) is 35.9 Å². The second-order valence-electron chi connectivity index (χ2n) is 8.76. The van der Waals surface area contributed by atoms with Crippen molar-refractivity contribution in [2.24, 2.45) is 0 Å². The van der Waals surface area contributed by atoms with Crippen LogP contribution in [0.1, 0.15) is 72.1 Å². The molecule has 1 fully saturated rings. The van der Waals surface area contributed by atoms with E-state index in [-0.39, 0.29) is 6.10 Å². The van der Waals surface area contributed by atoms with Crippen molar-refractivity contribution < 1.29 is 14.3 Å². The second-order valence-corrected chi connectivity index (χ2v) is 8.76. The smallest absolute Gasteiger partial charge is 0.412 e. The molecule has 0 radical (unpaired) electrons. The first-order chi connectivity index (χ1) is 15.7. The third-order valence-electron chi connectivity index (χ3n) is 6.17. The van der Waals surface area contributed by atoms with E-state index in [1.807, 2.05) is 24.3 Å². The van der Waals surface area contributed by atoms with Crippen molar-refractivity contribution in [1.29, 1.82) is 0 Å². The molecule has 1 aliphatic heterocycles. The number of anilines is 1. The number of amides is 1. The average molecular weight is 448 g/mol. The van der Waals surface area contributed by atoms with E-state index in [0.29, 0.717) is 18.0 Å². The normalized spacial score (nSPS) is 15.5. The molecule has 1 unspecified atom stereocenters. The monoisotopic (exact) mass is 447 g/mol. The molecular weight excluding hydrogens is 402 g/mol. The number of ether oxygens (including phenoxy) is 2. The Balaban J connectivity index is 1.90. The van der Waals surface area contributed by atoms with Crippen molar-refractivity contribution in [2.45, 2.75) is 78.2 Å². The molecule has 6 heteroatoms. The van der Waals surface area contributed by atoms with Gasteiger partial charge in [0.05, 0.1) is 12.3 Å². The van der Waals surface area contributed by atoms with Crippen molar-refractivity contribution in [3.05, 3.63) is 24.3 Å². The molecule has 0 spiro atoms. The van der Waals surface area contributed by atoms with Crippen LogP contribution in [0.3, 0.4) is 0 Å². The van der Waals surface area contributed by atoms with E-state index in [0.717, 1.165) is 45.7 Å². The highest BCUT2D eigenvalue weighted by Gasteiger charge is 2.22. The molecule has 1 amide bonds. The highest BCUT2D eigenvalue weighted by atomic mass is 16.6. The van der Waals surface area contributed by atoms with Crippen molar-refractivity contribution in [3.8, 4) is 5.75 Å². The quantitative estimate of drug-likeness (QED) is 0.345. The molecule has 0 aliphatic carbocycles. The zero-order valence-electron chi connectivity index (χ0n) is 20.6. The van der Waals surface area contributed by atoms with Crippen LogP contribution in [0.2, 0.25) is 0 Å². The lowest BCUT2D eigenvalue weighted by Crippen LogP contribution is -2.44. The number of carbonyl (C=O) groups excluding carboxylic acids is 1. The van der Waals surface area contributed by atoms with Crippen LogP contribution < -0.4 is 10.1 Å². The predicted octanol–water partition coefficient (Wildman–Crippen LogP) is 5.78. The van der Waals surface area contributed by atoms with Gasteiger partial charge in [-0.25, -0.2) is 4.79 Å². The molecule has 2 rings (SSSR count). The minimum absolute atomic E-state index is 0.153. The molecule has 1 aromatic rings. The summed E-state index contributed by atoms with van der Waals surface area (Å²) in [5.41, 5.74) is 0.672. The zero-order chi connectivity index (χ0) is 23.0. The number of hydrogen-bond acceptors (Lipinski definition) is 5. The number of nitrogens with zero attached hydrogens (tertiary/aromatic N) is 2. The lowest BCUT2D eigenvalue weighted by molar-refractivity contribution is 0.0503. The van der Waals surface area contributed by atoms with Crippen LogP contribution in [0.5, 0.6) is 5.75 Å². The fourth-order valence-corrected chi connectivity index (χ4v) is 4.21. The van der Waals surface area contributed by atoms with Crippen LogP contribution in [-0.2, 0) is 4.74 Å². The van der Waals surface area contributed by atoms with Gasteiger partial charge in [-0.3, -0.25) is 10.2 Å².